The van der Waals surface area contributed by atoms with Crippen LogP contribution in [0.1, 0.15) is 43.7 Å². The fraction of sp³-hybridized carbons (Fsp3) is 0.476. The third-order valence-corrected chi connectivity index (χ3v) is 5.54. The molecule has 29 heavy (non-hydrogen) atoms. The van der Waals surface area contributed by atoms with Gasteiger partial charge in [-0.1, -0.05) is 11.3 Å². The summed E-state index contributed by atoms with van der Waals surface area (Å²) in [6, 6.07) is 7.74. The summed E-state index contributed by atoms with van der Waals surface area (Å²) in [7, 11) is 4.07. The number of anilines is 1. The minimum atomic E-state index is -0.0703. The fourth-order valence-corrected chi connectivity index (χ4v) is 4.15. The molecule has 0 fully saturated rings. The quantitative estimate of drug-likeness (QED) is 0.527. The second-order valence-corrected chi connectivity index (χ2v) is 8.44. The van der Waals surface area contributed by atoms with Gasteiger partial charge in [0.2, 0.25) is 0 Å². The van der Waals surface area contributed by atoms with Crippen LogP contribution in [0, 0.1) is 0 Å². The smallest absolute Gasteiger partial charge is 0.278 e. The first-order chi connectivity index (χ1) is 13.9. The van der Waals surface area contributed by atoms with Crippen LogP contribution in [0.5, 0.6) is 5.75 Å². The third kappa shape index (κ3) is 4.94. The molecule has 156 valence electrons. The predicted molar refractivity (Wildman–Crippen MR) is 118 cm³/mol. The molecule has 0 aliphatic heterocycles. The van der Waals surface area contributed by atoms with E-state index in [1.165, 1.54) is 11.3 Å². The van der Waals surface area contributed by atoms with E-state index in [1.807, 2.05) is 53.1 Å². The Balaban J connectivity index is 1.95. The van der Waals surface area contributed by atoms with E-state index in [9.17, 15) is 4.79 Å². The van der Waals surface area contributed by atoms with Gasteiger partial charge in [0, 0.05) is 18.8 Å². The summed E-state index contributed by atoms with van der Waals surface area (Å²) in [5.41, 5.74) is 1.45. The summed E-state index contributed by atoms with van der Waals surface area (Å²) < 4.78 is 8.38. The predicted octanol–water partition coefficient (Wildman–Crippen LogP) is 4.07. The van der Waals surface area contributed by atoms with Crippen LogP contribution in [0.2, 0.25) is 0 Å². The molecule has 8 heteroatoms. The van der Waals surface area contributed by atoms with Crippen LogP contribution in [0.4, 0.5) is 5.13 Å². The maximum atomic E-state index is 13.4. The molecule has 7 nitrogen and oxygen atoms in total. The molecule has 0 radical (unpaired) electrons. The zero-order valence-electron chi connectivity index (χ0n) is 17.8. The van der Waals surface area contributed by atoms with Gasteiger partial charge in [0.25, 0.3) is 5.91 Å². The summed E-state index contributed by atoms with van der Waals surface area (Å²) in [4.78, 5) is 22.1. The molecule has 2 heterocycles. The van der Waals surface area contributed by atoms with Crippen molar-refractivity contribution in [1.82, 2.24) is 19.7 Å². The van der Waals surface area contributed by atoms with Crippen LogP contribution in [-0.2, 0) is 0 Å². The highest BCUT2D eigenvalue weighted by atomic mass is 32.1. The van der Waals surface area contributed by atoms with E-state index in [2.05, 4.69) is 10.00 Å². The number of hydrogen-bond acceptors (Lipinski definition) is 6. The minimum Gasteiger partial charge on any atom is -0.494 e. The zero-order valence-corrected chi connectivity index (χ0v) is 18.6. The molecule has 0 aliphatic carbocycles. The van der Waals surface area contributed by atoms with E-state index in [1.54, 1.807) is 21.8 Å². The first kappa shape index (κ1) is 21.3. The van der Waals surface area contributed by atoms with Crippen molar-refractivity contribution in [3.63, 3.8) is 0 Å². The van der Waals surface area contributed by atoms with Gasteiger partial charge < -0.3 is 9.64 Å². The standard InChI is InChI=1S/C21H29N5O2S/c1-6-28-16-8-9-17-19(14-16)29-21(23-17)25(13-7-12-24(4)5)20(27)18-10-11-22-26(18)15(2)3/h8-11,14-15H,6-7,12-13H2,1-5H3. The lowest BCUT2D eigenvalue weighted by Gasteiger charge is -2.22. The number of amides is 1. The van der Waals surface area contributed by atoms with Crippen molar-refractivity contribution in [2.75, 3.05) is 38.7 Å². The molecule has 0 N–H and O–H groups in total. The third-order valence-electron chi connectivity index (χ3n) is 4.50. The number of thiazole rings is 1. The van der Waals surface area contributed by atoms with Crippen LogP contribution in [0.15, 0.2) is 30.5 Å². The summed E-state index contributed by atoms with van der Waals surface area (Å²) in [6.45, 7) is 8.11. The number of aromatic nitrogens is 3. The Bertz CT molecular complexity index is 963. The normalized spacial score (nSPS) is 11.6. The summed E-state index contributed by atoms with van der Waals surface area (Å²) in [5, 5.41) is 5.03. The van der Waals surface area contributed by atoms with Crippen LogP contribution >= 0.6 is 11.3 Å². The van der Waals surface area contributed by atoms with Crippen molar-refractivity contribution in [2.45, 2.75) is 33.2 Å². The molecule has 0 atom stereocenters. The molecule has 0 bridgehead atoms. The van der Waals surface area contributed by atoms with Gasteiger partial charge in [0.1, 0.15) is 11.4 Å². The first-order valence-corrected chi connectivity index (χ1v) is 10.8. The van der Waals surface area contributed by atoms with Gasteiger partial charge in [-0.2, -0.15) is 5.10 Å². The van der Waals surface area contributed by atoms with Crippen molar-refractivity contribution in [3.8, 4) is 5.75 Å². The Morgan fingerprint density at radius 1 is 1.24 bits per heavy atom. The molecule has 1 aromatic carbocycles. The number of fused-ring (bicyclic) bond motifs is 1. The van der Waals surface area contributed by atoms with Gasteiger partial charge in [-0.05, 0) is 72.1 Å². The topological polar surface area (TPSA) is 63.5 Å². The number of carbonyl (C=O) groups is 1. The molecule has 3 rings (SSSR count). The summed E-state index contributed by atoms with van der Waals surface area (Å²) in [6.07, 6.45) is 2.53. The molecule has 1 amide bonds. The van der Waals surface area contributed by atoms with Crippen LogP contribution < -0.4 is 9.64 Å². The van der Waals surface area contributed by atoms with E-state index in [4.69, 9.17) is 9.72 Å². The molecule has 0 spiro atoms. The van der Waals surface area contributed by atoms with Crippen LogP contribution in [-0.4, -0.2) is 59.4 Å². The summed E-state index contributed by atoms with van der Waals surface area (Å²) >= 11 is 1.51. The SMILES string of the molecule is CCOc1ccc2nc(N(CCCN(C)C)C(=O)c3ccnn3C(C)C)sc2c1. The van der Waals surface area contributed by atoms with Crippen molar-refractivity contribution >= 4 is 32.6 Å². The molecule has 0 aliphatic rings. The van der Waals surface area contributed by atoms with E-state index in [0.717, 1.165) is 28.9 Å². The highest BCUT2D eigenvalue weighted by molar-refractivity contribution is 7.22. The second-order valence-electron chi connectivity index (χ2n) is 7.43. The highest BCUT2D eigenvalue weighted by Crippen LogP contribution is 2.32. The van der Waals surface area contributed by atoms with Crippen molar-refractivity contribution in [1.29, 1.82) is 0 Å². The molecule has 3 aromatic rings. The zero-order chi connectivity index (χ0) is 21.0. The number of rotatable bonds is 9. The molecular weight excluding hydrogens is 386 g/mol. The van der Waals surface area contributed by atoms with Crippen molar-refractivity contribution in [2.24, 2.45) is 0 Å². The van der Waals surface area contributed by atoms with Gasteiger partial charge >= 0.3 is 0 Å². The number of ether oxygens (including phenoxy) is 1. The van der Waals surface area contributed by atoms with Crippen LogP contribution in [0.3, 0.4) is 0 Å². The Kier molecular flexibility index (Phi) is 6.87. The number of carbonyl (C=O) groups excluding carboxylic acids is 1. The second kappa shape index (κ2) is 9.37. The minimum absolute atomic E-state index is 0.0703. The van der Waals surface area contributed by atoms with E-state index in [0.29, 0.717) is 24.0 Å². The lowest BCUT2D eigenvalue weighted by atomic mass is 10.3. The Morgan fingerprint density at radius 2 is 2.03 bits per heavy atom. The van der Waals surface area contributed by atoms with Gasteiger partial charge in [-0.3, -0.25) is 14.4 Å². The Morgan fingerprint density at radius 3 is 2.72 bits per heavy atom. The maximum Gasteiger partial charge on any atom is 0.278 e. The van der Waals surface area contributed by atoms with Gasteiger partial charge in [0.05, 0.1) is 16.8 Å². The average molecular weight is 416 g/mol. The molecule has 0 saturated carbocycles. The van der Waals surface area contributed by atoms with Gasteiger partial charge in [-0.15, -0.1) is 0 Å². The van der Waals surface area contributed by atoms with E-state index < -0.39 is 0 Å². The number of benzene rings is 1. The van der Waals surface area contributed by atoms with E-state index >= 15 is 0 Å². The number of hydrogen-bond donors (Lipinski definition) is 0. The fourth-order valence-electron chi connectivity index (χ4n) is 3.13. The largest absolute Gasteiger partial charge is 0.494 e. The molecule has 0 saturated heterocycles. The van der Waals surface area contributed by atoms with Crippen LogP contribution in [0.25, 0.3) is 10.2 Å². The highest BCUT2D eigenvalue weighted by Gasteiger charge is 2.24. The van der Waals surface area contributed by atoms with Crippen molar-refractivity contribution in [3.05, 3.63) is 36.2 Å². The monoisotopic (exact) mass is 415 g/mol. The number of nitrogens with zero attached hydrogens (tertiary/aromatic N) is 5. The van der Waals surface area contributed by atoms with Gasteiger partial charge in [-0.25, -0.2) is 4.98 Å². The van der Waals surface area contributed by atoms with Crippen molar-refractivity contribution < 1.29 is 9.53 Å². The van der Waals surface area contributed by atoms with Gasteiger partial charge in [0.15, 0.2) is 5.13 Å². The summed E-state index contributed by atoms with van der Waals surface area (Å²) in [5.74, 6) is 0.748. The molecule has 0 unspecified atom stereocenters. The molecular formula is C21H29N5O2S. The Labute approximate surface area is 175 Å². The van der Waals surface area contributed by atoms with E-state index in [-0.39, 0.29) is 11.9 Å². The average Bonchev–Trinajstić information content (AvgIpc) is 3.31. The maximum absolute atomic E-state index is 13.4. The lowest BCUT2D eigenvalue weighted by Crippen LogP contribution is -2.35. The molecule has 2 aromatic heterocycles. The Hall–Kier alpha value is -2.45. The lowest BCUT2D eigenvalue weighted by molar-refractivity contribution is 0.0974. The first-order valence-electron chi connectivity index (χ1n) is 9.94.